The Kier molecular flexibility index (Phi) is 2.29. The van der Waals surface area contributed by atoms with E-state index in [2.05, 4.69) is 22.4 Å². The van der Waals surface area contributed by atoms with Crippen LogP contribution in [0.3, 0.4) is 0 Å². The molecule has 2 nitrogen and oxygen atoms in total. The van der Waals surface area contributed by atoms with Crippen molar-refractivity contribution >= 4 is 5.57 Å². The summed E-state index contributed by atoms with van der Waals surface area (Å²) in [5.74, 6) is 1.58. The van der Waals surface area contributed by atoms with E-state index in [-0.39, 0.29) is 0 Å². The third-order valence-electron chi connectivity index (χ3n) is 3.64. The molecule has 2 unspecified atom stereocenters. The van der Waals surface area contributed by atoms with E-state index in [0.29, 0.717) is 0 Å². The van der Waals surface area contributed by atoms with E-state index in [4.69, 9.17) is 0 Å². The maximum atomic E-state index is 4.21. The maximum absolute atomic E-state index is 4.21. The van der Waals surface area contributed by atoms with Gasteiger partial charge in [0.15, 0.2) is 0 Å². The summed E-state index contributed by atoms with van der Waals surface area (Å²) in [5, 5.41) is 3.50. The van der Waals surface area contributed by atoms with Gasteiger partial charge in [0.1, 0.15) is 0 Å². The van der Waals surface area contributed by atoms with Gasteiger partial charge < -0.3 is 5.32 Å². The molecule has 0 amide bonds. The monoisotopic (exact) mass is 200 g/mol. The number of pyridine rings is 1. The molecule has 0 spiro atoms. The van der Waals surface area contributed by atoms with E-state index in [9.17, 15) is 0 Å². The van der Waals surface area contributed by atoms with Gasteiger partial charge in [-0.25, -0.2) is 0 Å². The molecule has 3 rings (SSSR count). The first-order valence-corrected chi connectivity index (χ1v) is 5.76. The molecule has 1 fully saturated rings. The van der Waals surface area contributed by atoms with Gasteiger partial charge in [0.2, 0.25) is 0 Å². The predicted molar refractivity (Wildman–Crippen MR) is 61.3 cm³/mol. The summed E-state index contributed by atoms with van der Waals surface area (Å²) in [6.45, 7) is 2.34. The molecule has 0 radical (unpaired) electrons. The Morgan fingerprint density at radius 1 is 1.33 bits per heavy atom. The topological polar surface area (TPSA) is 24.9 Å². The lowest BCUT2D eigenvalue weighted by Gasteiger charge is -2.26. The number of aromatic nitrogens is 1. The lowest BCUT2D eigenvalue weighted by atomic mass is 9.78. The first-order valence-electron chi connectivity index (χ1n) is 5.76. The Bertz CT molecular complexity index is 369. The Labute approximate surface area is 90.4 Å². The van der Waals surface area contributed by atoms with E-state index in [0.717, 1.165) is 18.4 Å². The highest BCUT2D eigenvalue weighted by atomic mass is 14.9. The minimum atomic E-state index is 0.725. The van der Waals surface area contributed by atoms with Crippen molar-refractivity contribution in [2.24, 2.45) is 11.8 Å². The second-order valence-electron chi connectivity index (χ2n) is 4.50. The van der Waals surface area contributed by atoms with Crippen LogP contribution in [-0.4, -0.2) is 18.1 Å². The van der Waals surface area contributed by atoms with Gasteiger partial charge >= 0.3 is 0 Å². The van der Waals surface area contributed by atoms with E-state index >= 15 is 0 Å². The molecule has 1 aliphatic heterocycles. The van der Waals surface area contributed by atoms with Gasteiger partial charge in [0.05, 0.1) is 0 Å². The molecule has 0 bridgehead atoms. The van der Waals surface area contributed by atoms with E-state index in [1.807, 2.05) is 18.5 Å². The second-order valence-corrected chi connectivity index (χ2v) is 4.50. The SMILES string of the molecule is C1=C(c2cccnc2)C2CNCC2CC1. The molecular formula is C13H16N2. The Morgan fingerprint density at radius 2 is 2.33 bits per heavy atom. The van der Waals surface area contributed by atoms with Crippen LogP contribution in [0.25, 0.3) is 5.57 Å². The predicted octanol–water partition coefficient (Wildman–Crippen LogP) is 2.09. The van der Waals surface area contributed by atoms with Crippen molar-refractivity contribution in [2.75, 3.05) is 13.1 Å². The lowest BCUT2D eigenvalue weighted by Crippen LogP contribution is -2.17. The van der Waals surface area contributed by atoms with E-state index in [1.54, 1.807) is 0 Å². The van der Waals surface area contributed by atoms with Gasteiger partial charge in [-0.1, -0.05) is 12.1 Å². The van der Waals surface area contributed by atoms with E-state index in [1.165, 1.54) is 30.5 Å². The molecule has 1 saturated heterocycles. The maximum Gasteiger partial charge on any atom is 0.0343 e. The first-order chi connectivity index (χ1) is 7.45. The Morgan fingerprint density at radius 3 is 3.20 bits per heavy atom. The summed E-state index contributed by atoms with van der Waals surface area (Å²) in [5.41, 5.74) is 2.83. The van der Waals surface area contributed by atoms with Crippen LogP contribution in [-0.2, 0) is 0 Å². The fourth-order valence-electron chi connectivity index (χ4n) is 2.87. The average molecular weight is 200 g/mol. The first kappa shape index (κ1) is 9.10. The van der Waals surface area contributed by atoms with Crippen LogP contribution in [0, 0.1) is 11.8 Å². The Hall–Kier alpha value is -1.15. The highest BCUT2D eigenvalue weighted by molar-refractivity contribution is 5.68. The third kappa shape index (κ3) is 1.59. The van der Waals surface area contributed by atoms with Crippen LogP contribution in [0.5, 0.6) is 0 Å². The molecular weight excluding hydrogens is 184 g/mol. The summed E-state index contributed by atoms with van der Waals surface area (Å²) in [4.78, 5) is 4.21. The zero-order chi connectivity index (χ0) is 10.1. The molecule has 1 aromatic heterocycles. The van der Waals surface area contributed by atoms with Crippen molar-refractivity contribution in [2.45, 2.75) is 12.8 Å². The summed E-state index contributed by atoms with van der Waals surface area (Å²) < 4.78 is 0. The fourth-order valence-corrected chi connectivity index (χ4v) is 2.87. The summed E-state index contributed by atoms with van der Waals surface area (Å²) in [7, 11) is 0. The molecule has 2 aliphatic rings. The van der Waals surface area contributed by atoms with Crippen LogP contribution in [0.4, 0.5) is 0 Å². The van der Waals surface area contributed by atoms with Crippen molar-refractivity contribution in [3.05, 3.63) is 36.2 Å². The second kappa shape index (κ2) is 3.78. The number of fused-ring (bicyclic) bond motifs is 1. The molecule has 1 N–H and O–H groups in total. The summed E-state index contributed by atoms with van der Waals surface area (Å²) in [6, 6.07) is 4.21. The summed E-state index contributed by atoms with van der Waals surface area (Å²) >= 11 is 0. The van der Waals surface area contributed by atoms with Gasteiger partial charge in [-0.3, -0.25) is 4.98 Å². The van der Waals surface area contributed by atoms with Crippen molar-refractivity contribution < 1.29 is 0 Å². The van der Waals surface area contributed by atoms with Crippen molar-refractivity contribution in [3.8, 4) is 0 Å². The van der Waals surface area contributed by atoms with Gasteiger partial charge in [-0.2, -0.15) is 0 Å². The number of rotatable bonds is 1. The number of hydrogen-bond acceptors (Lipinski definition) is 2. The summed E-state index contributed by atoms with van der Waals surface area (Å²) in [6.07, 6.45) is 8.82. The molecule has 78 valence electrons. The highest BCUT2D eigenvalue weighted by Crippen LogP contribution is 2.38. The molecule has 2 heterocycles. The number of nitrogens with one attached hydrogen (secondary N) is 1. The number of nitrogens with zero attached hydrogens (tertiary/aromatic N) is 1. The van der Waals surface area contributed by atoms with Gasteiger partial charge in [-0.05, 0) is 42.5 Å². The number of hydrogen-bond donors (Lipinski definition) is 1. The number of allylic oxidation sites excluding steroid dienone is 1. The van der Waals surface area contributed by atoms with Crippen LogP contribution in [0.15, 0.2) is 30.6 Å². The largest absolute Gasteiger partial charge is 0.316 e. The minimum absolute atomic E-state index is 0.725. The van der Waals surface area contributed by atoms with E-state index < -0.39 is 0 Å². The quantitative estimate of drug-likeness (QED) is 0.751. The van der Waals surface area contributed by atoms with Gasteiger partial charge in [0, 0.05) is 24.9 Å². The molecule has 1 aliphatic carbocycles. The standard InChI is InChI=1S/C13H16N2/c1-3-11-8-15-9-13(11)12(5-1)10-4-2-6-14-7-10/h2,4-7,11,13,15H,1,3,8-9H2. The normalized spacial score (nSPS) is 29.7. The highest BCUT2D eigenvalue weighted by Gasteiger charge is 2.32. The van der Waals surface area contributed by atoms with Crippen molar-refractivity contribution in [1.82, 2.24) is 10.3 Å². The molecule has 0 aromatic carbocycles. The lowest BCUT2D eigenvalue weighted by molar-refractivity contribution is 0.454. The van der Waals surface area contributed by atoms with Crippen molar-refractivity contribution in [1.29, 1.82) is 0 Å². The molecule has 15 heavy (non-hydrogen) atoms. The van der Waals surface area contributed by atoms with Crippen molar-refractivity contribution in [3.63, 3.8) is 0 Å². The fraction of sp³-hybridized carbons (Fsp3) is 0.462. The zero-order valence-corrected chi connectivity index (χ0v) is 8.82. The van der Waals surface area contributed by atoms with Crippen LogP contribution >= 0.6 is 0 Å². The average Bonchev–Trinajstić information content (AvgIpc) is 2.78. The van der Waals surface area contributed by atoms with Crippen LogP contribution in [0.1, 0.15) is 18.4 Å². The molecule has 0 saturated carbocycles. The Balaban J connectivity index is 1.95. The third-order valence-corrected chi connectivity index (χ3v) is 3.64. The molecule has 1 aromatic rings. The van der Waals surface area contributed by atoms with Crippen LogP contribution < -0.4 is 5.32 Å². The molecule has 2 heteroatoms. The van der Waals surface area contributed by atoms with Gasteiger partial charge in [-0.15, -0.1) is 0 Å². The zero-order valence-electron chi connectivity index (χ0n) is 8.82. The smallest absolute Gasteiger partial charge is 0.0343 e. The minimum Gasteiger partial charge on any atom is -0.316 e. The molecule has 2 atom stereocenters. The van der Waals surface area contributed by atoms with Gasteiger partial charge in [0.25, 0.3) is 0 Å². The van der Waals surface area contributed by atoms with Crippen LogP contribution in [0.2, 0.25) is 0 Å².